The van der Waals surface area contributed by atoms with Crippen LogP contribution < -0.4 is 0 Å². The molecule has 2 heterocycles. The SMILES string of the molecule is N#Cc1ncn(CC(=O)ON2C(=O)c3ccccc3C2=O)n1. The smallest absolute Gasteiger partial charge is 0.328 e. The molecule has 1 aromatic carbocycles. The van der Waals surface area contributed by atoms with Gasteiger partial charge in [-0.1, -0.05) is 17.2 Å². The molecule has 2 amide bonds. The van der Waals surface area contributed by atoms with Gasteiger partial charge in [-0.15, -0.1) is 5.10 Å². The summed E-state index contributed by atoms with van der Waals surface area (Å²) in [7, 11) is 0. The number of carbonyl (C=O) groups excluding carboxylic acids is 3. The average molecular weight is 297 g/mol. The van der Waals surface area contributed by atoms with Gasteiger partial charge in [-0.3, -0.25) is 9.59 Å². The Morgan fingerprint density at radius 1 is 1.23 bits per heavy atom. The third-order valence-corrected chi connectivity index (χ3v) is 2.88. The predicted octanol–water partition coefficient (Wildman–Crippen LogP) is -0.0958. The summed E-state index contributed by atoms with van der Waals surface area (Å²) in [6, 6.07) is 7.86. The number of benzene rings is 1. The molecule has 3 rings (SSSR count). The number of imide groups is 1. The fourth-order valence-electron chi connectivity index (χ4n) is 1.94. The third kappa shape index (κ3) is 2.18. The topological polar surface area (TPSA) is 118 Å². The Labute approximate surface area is 123 Å². The van der Waals surface area contributed by atoms with Crippen molar-refractivity contribution < 1.29 is 19.2 Å². The van der Waals surface area contributed by atoms with Crippen molar-refractivity contribution in [3.8, 4) is 6.07 Å². The number of rotatable bonds is 3. The Morgan fingerprint density at radius 2 is 1.86 bits per heavy atom. The van der Waals surface area contributed by atoms with E-state index in [1.807, 2.05) is 0 Å². The molecule has 9 heteroatoms. The first-order valence-corrected chi connectivity index (χ1v) is 6.08. The average Bonchev–Trinajstić information content (AvgIpc) is 3.06. The lowest BCUT2D eigenvalue weighted by Gasteiger charge is -2.12. The van der Waals surface area contributed by atoms with E-state index in [9.17, 15) is 14.4 Å². The first-order valence-electron chi connectivity index (χ1n) is 6.08. The van der Waals surface area contributed by atoms with Gasteiger partial charge in [-0.2, -0.15) is 5.26 Å². The van der Waals surface area contributed by atoms with Crippen molar-refractivity contribution in [2.24, 2.45) is 0 Å². The van der Waals surface area contributed by atoms with Crippen LogP contribution in [0.3, 0.4) is 0 Å². The van der Waals surface area contributed by atoms with E-state index in [0.29, 0.717) is 5.06 Å². The Balaban J connectivity index is 1.72. The highest BCUT2D eigenvalue weighted by atomic mass is 16.7. The summed E-state index contributed by atoms with van der Waals surface area (Å²) in [6.07, 6.45) is 1.17. The van der Waals surface area contributed by atoms with Gasteiger partial charge in [0, 0.05) is 0 Å². The fourth-order valence-corrected chi connectivity index (χ4v) is 1.94. The summed E-state index contributed by atoms with van der Waals surface area (Å²) in [5, 5.41) is 12.7. The molecule has 1 aliphatic heterocycles. The van der Waals surface area contributed by atoms with Gasteiger partial charge in [0.15, 0.2) is 0 Å². The van der Waals surface area contributed by atoms with Crippen LogP contribution in [-0.2, 0) is 16.2 Å². The van der Waals surface area contributed by atoms with E-state index in [0.717, 1.165) is 4.68 Å². The van der Waals surface area contributed by atoms with E-state index < -0.39 is 17.8 Å². The number of nitrogens with zero attached hydrogens (tertiary/aromatic N) is 5. The molecule has 0 atom stereocenters. The number of hydrogen-bond acceptors (Lipinski definition) is 7. The summed E-state index contributed by atoms with van der Waals surface area (Å²) in [5.41, 5.74) is 0.348. The first kappa shape index (κ1) is 13.4. The number of fused-ring (bicyclic) bond motifs is 1. The minimum absolute atomic E-state index is 0.103. The van der Waals surface area contributed by atoms with Crippen molar-refractivity contribution in [3.05, 3.63) is 47.5 Å². The molecule has 1 aliphatic rings. The molecule has 0 fully saturated rings. The van der Waals surface area contributed by atoms with Crippen LogP contribution in [0.2, 0.25) is 0 Å². The zero-order chi connectivity index (χ0) is 15.7. The van der Waals surface area contributed by atoms with Crippen LogP contribution in [0, 0.1) is 11.3 Å². The molecule has 0 radical (unpaired) electrons. The van der Waals surface area contributed by atoms with Crippen LogP contribution in [0.15, 0.2) is 30.6 Å². The van der Waals surface area contributed by atoms with Crippen LogP contribution in [0.25, 0.3) is 0 Å². The summed E-state index contributed by atoms with van der Waals surface area (Å²) in [5.74, 6) is -2.40. The molecule has 0 aliphatic carbocycles. The third-order valence-electron chi connectivity index (χ3n) is 2.88. The summed E-state index contributed by atoms with van der Waals surface area (Å²) in [6.45, 7) is -0.387. The number of amides is 2. The monoisotopic (exact) mass is 297 g/mol. The molecule has 22 heavy (non-hydrogen) atoms. The van der Waals surface area contributed by atoms with E-state index in [2.05, 4.69) is 10.1 Å². The van der Waals surface area contributed by atoms with E-state index in [-0.39, 0.29) is 23.5 Å². The Morgan fingerprint density at radius 3 is 2.41 bits per heavy atom. The van der Waals surface area contributed by atoms with Gasteiger partial charge in [0.2, 0.25) is 0 Å². The Kier molecular flexibility index (Phi) is 3.12. The molecule has 1 aromatic heterocycles. The van der Waals surface area contributed by atoms with Crippen molar-refractivity contribution in [2.75, 3.05) is 0 Å². The van der Waals surface area contributed by atoms with Crippen molar-refractivity contribution in [3.63, 3.8) is 0 Å². The zero-order valence-corrected chi connectivity index (χ0v) is 11.0. The highest BCUT2D eigenvalue weighted by Gasteiger charge is 2.38. The van der Waals surface area contributed by atoms with Crippen molar-refractivity contribution in [1.29, 1.82) is 5.26 Å². The lowest BCUT2D eigenvalue weighted by atomic mass is 10.1. The summed E-state index contributed by atoms with van der Waals surface area (Å²) in [4.78, 5) is 44.2. The van der Waals surface area contributed by atoms with Gasteiger partial charge < -0.3 is 4.84 Å². The summed E-state index contributed by atoms with van der Waals surface area (Å²) >= 11 is 0. The molecule has 0 saturated heterocycles. The second kappa shape index (κ2) is 5.10. The fraction of sp³-hybridized carbons (Fsp3) is 0.0769. The first-order chi connectivity index (χ1) is 10.6. The molecule has 0 unspecified atom stereocenters. The van der Waals surface area contributed by atoms with Crippen LogP contribution in [0.5, 0.6) is 0 Å². The normalized spacial score (nSPS) is 13.0. The van der Waals surface area contributed by atoms with Crippen molar-refractivity contribution >= 4 is 17.8 Å². The van der Waals surface area contributed by atoms with Gasteiger partial charge >= 0.3 is 5.97 Å². The maximum absolute atomic E-state index is 12.0. The van der Waals surface area contributed by atoms with Crippen molar-refractivity contribution in [1.82, 2.24) is 19.8 Å². The van der Waals surface area contributed by atoms with Crippen LogP contribution in [0.4, 0.5) is 0 Å². The minimum Gasteiger partial charge on any atom is -0.328 e. The zero-order valence-electron chi connectivity index (χ0n) is 11.0. The molecule has 0 saturated carbocycles. The number of hydrogen-bond donors (Lipinski definition) is 0. The van der Waals surface area contributed by atoms with Crippen LogP contribution in [-0.4, -0.2) is 37.6 Å². The Hall–Kier alpha value is -3.54. The molecule has 108 valence electrons. The van der Waals surface area contributed by atoms with Gasteiger partial charge in [-0.05, 0) is 12.1 Å². The highest BCUT2D eigenvalue weighted by Crippen LogP contribution is 2.22. The Bertz CT molecular complexity index is 800. The molecule has 0 bridgehead atoms. The highest BCUT2D eigenvalue weighted by molar-refractivity contribution is 6.20. The second-order valence-electron chi connectivity index (χ2n) is 4.29. The van der Waals surface area contributed by atoms with E-state index >= 15 is 0 Å². The number of aromatic nitrogens is 3. The van der Waals surface area contributed by atoms with E-state index in [1.54, 1.807) is 18.2 Å². The quantitative estimate of drug-likeness (QED) is 0.726. The second-order valence-corrected chi connectivity index (χ2v) is 4.29. The van der Waals surface area contributed by atoms with Crippen LogP contribution in [0.1, 0.15) is 26.5 Å². The number of carbonyl (C=O) groups is 3. The van der Waals surface area contributed by atoms with Gasteiger partial charge in [0.25, 0.3) is 17.6 Å². The molecular weight excluding hydrogens is 290 g/mol. The number of hydroxylamine groups is 2. The molecule has 0 N–H and O–H groups in total. The van der Waals surface area contributed by atoms with E-state index in [1.165, 1.54) is 18.5 Å². The van der Waals surface area contributed by atoms with Crippen molar-refractivity contribution in [2.45, 2.75) is 6.54 Å². The maximum Gasteiger partial charge on any atom is 0.354 e. The maximum atomic E-state index is 12.0. The lowest BCUT2D eigenvalue weighted by Crippen LogP contribution is -2.34. The van der Waals surface area contributed by atoms with Gasteiger partial charge in [-0.25, -0.2) is 14.5 Å². The molecule has 9 nitrogen and oxygen atoms in total. The lowest BCUT2D eigenvalue weighted by molar-refractivity contribution is -0.169. The number of nitriles is 1. The molecule has 0 spiro atoms. The predicted molar refractivity (Wildman–Crippen MR) is 67.8 cm³/mol. The largest absolute Gasteiger partial charge is 0.354 e. The summed E-state index contributed by atoms with van der Waals surface area (Å²) < 4.78 is 1.07. The van der Waals surface area contributed by atoms with Gasteiger partial charge in [0.1, 0.15) is 18.9 Å². The molecular formula is C13H7N5O4. The van der Waals surface area contributed by atoms with Crippen LogP contribution >= 0.6 is 0 Å². The minimum atomic E-state index is -0.885. The van der Waals surface area contributed by atoms with Gasteiger partial charge in [0.05, 0.1) is 11.1 Å². The molecule has 2 aromatic rings. The standard InChI is InChI=1S/C13H7N5O4/c14-5-10-15-7-17(16-10)6-11(19)22-18-12(20)8-3-1-2-4-9(8)13(18)21/h1-4,7H,6H2. The van der Waals surface area contributed by atoms with E-state index in [4.69, 9.17) is 10.1 Å².